The summed E-state index contributed by atoms with van der Waals surface area (Å²) in [6.45, 7) is 6.41. The van der Waals surface area contributed by atoms with Gasteiger partial charge in [0.25, 0.3) is 5.56 Å². The van der Waals surface area contributed by atoms with Gasteiger partial charge in [-0.05, 0) is 39.0 Å². The van der Waals surface area contributed by atoms with Crippen LogP contribution in [0.25, 0.3) is 22.3 Å². The van der Waals surface area contributed by atoms with Gasteiger partial charge in [-0.2, -0.15) is 5.26 Å². The van der Waals surface area contributed by atoms with E-state index in [0.29, 0.717) is 0 Å². The van der Waals surface area contributed by atoms with Crippen LogP contribution in [0, 0.1) is 23.0 Å². The Morgan fingerprint density at radius 1 is 1.17 bits per heavy atom. The van der Waals surface area contributed by atoms with Crippen molar-refractivity contribution in [1.29, 1.82) is 5.26 Å². The number of nitriles is 1. The number of nitrogens with zero attached hydrogens (tertiary/aromatic N) is 4. The van der Waals surface area contributed by atoms with Crippen LogP contribution in [0.3, 0.4) is 0 Å². The van der Waals surface area contributed by atoms with Crippen molar-refractivity contribution >= 4 is 22.8 Å². The quantitative estimate of drug-likeness (QED) is 0.586. The first kappa shape index (κ1) is 24.9. The summed E-state index contributed by atoms with van der Waals surface area (Å²) in [5, 5.41) is 9.89. The summed E-state index contributed by atoms with van der Waals surface area (Å²) in [5.41, 5.74) is -1.88. The first-order valence-corrected chi connectivity index (χ1v) is 11.3. The smallest absolute Gasteiger partial charge is 0.410 e. The van der Waals surface area contributed by atoms with E-state index in [9.17, 15) is 19.2 Å². The van der Waals surface area contributed by atoms with E-state index in [1.54, 1.807) is 25.7 Å². The number of rotatable bonds is 3. The Kier molecular flexibility index (Phi) is 6.54. The number of hydrogen-bond donors (Lipinski definition) is 1. The van der Waals surface area contributed by atoms with Crippen molar-refractivity contribution in [3.8, 4) is 23.1 Å². The second kappa shape index (κ2) is 9.45. The Balaban J connectivity index is 1.77. The minimum Gasteiger partial charge on any atom is -0.496 e. The van der Waals surface area contributed by atoms with Crippen LogP contribution >= 0.6 is 0 Å². The number of H-pyrrole nitrogens is 1. The number of amides is 1. The van der Waals surface area contributed by atoms with Crippen LogP contribution < -0.4 is 15.2 Å². The molecule has 0 spiro atoms. The van der Waals surface area contributed by atoms with Crippen LogP contribution in [-0.4, -0.2) is 59.9 Å². The fourth-order valence-electron chi connectivity index (χ4n) is 4.13. The molecule has 0 saturated carbocycles. The minimum atomic E-state index is -0.851. The van der Waals surface area contributed by atoms with Gasteiger partial charge < -0.3 is 24.3 Å². The van der Waals surface area contributed by atoms with Gasteiger partial charge in [0.05, 0.1) is 18.4 Å². The number of aromatic nitrogens is 2. The molecule has 2 aromatic heterocycles. The molecule has 3 aromatic rings. The second-order valence-electron chi connectivity index (χ2n) is 9.28. The highest BCUT2D eigenvalue weighted by molar-refractivity contribution is 5.94. The second-order valence-corrected chi connectivity index (χ2v) is 9.28. The predicted molar refractivity (Wildman–Crippen MR) is 129 cm³/mol. The van der Waals surface area contributed by atoms with E-state index in [1.807, 2.05) is 6.07 Å². The molecule has 0 aliphatic carbocycles. The summed E-state index contributed by atoms with van der Waals surface area (Å²) in [5.74, 6) is -1.51. The van der Waals surface area contributed by atoms with Crippen molar-refractivity contribution in [1.82, 2.24) is 14.9 Å². The van der Waals surface area contributed by atoms with Gasteiger partial charge in [-0.3, -0.25) is 4.79 Å². The summed E-state index contributed by atoms with van der Waals surface area (Å²) in [4.78, 5) is 35.2. The average Bonchev–Trinajstić information content (AvgIpc) is 2.82. The number of ether oxygens (including phenoxy) is 2. The Labute approximate surface area is 205 Å². The molecule has 36 heavy (non-hydrogen) atoms. The molecule has 0 bridgehead atoms. The van der Waals surface area contributed by atoms with Crippen LogP contribution in [0.4, 0.5) is 19.3 Å². The number of methoxy groups -OCH3 is 1. The Bertz CT molecular complexity index is 1430. The van der Waals surface area contributed by atoms with Gasteiger partial charge in [0.1, 0.15) is 40.1 Å². The Morgan fingerprint density at radius 2 is 1.86 bits per heavy atom. The van der Waals surface area contributed by atoms with Crippen LogP contribution in [0.5, 0.6) is 5.75 Å². The van der Waals surface area contributed by atoms with Crippen molar-refractivity contribution in [2.45, 2.75) is 26.4 Å². The topological polar surface area (TPSA) is 112 Å². The molecule has 1 aromatic carbocycles. The zero-order chi connectivity index (χ0) is 26.2. The van der Waals surface area contributed by atoms with Gasteiger partial charge >= 0.3 is 6.09 Å². The zero-order valence-electron chi connectivity index (χ0n) is 20.3. The van der Waals surface area contributed by atoms with Crippen molar-refractivity contribution in [3.05, 3.63) is 51.8 Å². The normalized spacial score (nSPS) is 14.0. The average molecular weight is 498 g/mol. The van der Waals surface area contributed by atoms with E-state index in [4.69, 9.17) is 9.47 Å². The van der Waals surface area contributed by atoms with Crippen LogP contribution in [-0.2, 0) is 4.74 Å². The molecule has 1 N–H and O–H groups in total. The molecule has 1 saturated heterocycles. The monoisotopic (exact) mass is 497 g/mol. The summed E-state index contributed by atoms with van der Waals surface area (Å²) in [6, 6.07) is 7.06. The maximum absolute atomic E-state index is 15.4. The summed E-state index contributed by atoms with van der Waals surface area (Å²) in [6.07, 6.45) is -0.463. The van der Waals surface area contributed by atoms with Gasteiger partial charge in [0, 0.05) is 31.6 Å². The molecule has 0 atom stereocenters. The maximum Gasteiger partial charge on any atom is 0.410 e. The zero-order valence-corrected chi connectivity index (χ0v) is 20.3. The number of carbonyl (C=O) groups excluding carboxylic acids is 1. The lowest BCUT2D eigenvalue weighted by Crippen LogP contribution is -2.50. The Morgan fingerprint density at radius 3 is 2.47 bits per heavy atom. The number of piperazine rings is 1. The highest BCUT2D eigenvalue weighted by Gasteiger charge is 2.29. The molecule has 9 nitrogen and oxygen atoms in total. The molecule has 11 heteroatoms. The number of anilines is 1. The highest BCUT2D eigenvalue weighted by Crippen LogP contribution is 2.36. The van der Waals surface area contributed by atoms with Gasteiger partial charge in [0.2, 0.25) is 0 Å². The van der Waals surface area contributed by atoms with E-state index in [0.717, 1.165) is 12.1 Å². The van der Waals surface area contributed by atoms with E-state index in [1.165, 1.54) is 24.1 Å². The number of hydrogen-bond acceptors (Lipinski definition) is 7. The van der Waals surface area contributed by atoms with Crippen molar-refractivity contribution in [2.24, 2.45) is 0 Å². The van der Waals surface area contributed by atoms with Crippen molar-refractivity contribution in [3.63, 3.8) is 0 Å². The minimum absolute atomic E-state index is 0.00900. The summed E-state index contributed by atoms with van der Waals surface area (Å²) in [7, 11) is 1.33. The molecule has 1 aliphatic rings. The Hall–Kier alpha value is -4.20. The van der Waals surface area contributed by atoms with Gasteiger partial charge in [0.15, 0.2) is 5.82 Å². The molecule has 0 radical (unpaired) electrons. The first-order chi connectivity index (χ1) is 17.0. The number of nitrogens with one attached hydrogen (secondary N) is 1. The number of fused-ring (bicyclic) bond motifs is 1. The lowest BCUT2D eigenvalue weighted by atomic mass is 10.1. The summed E-state index contributed by atoms with van der Waals surface area (Å²) < 4.78 is 40.6. The molecule has 1 fully saturated rings. The van der Waals surface area contributed by atoms with Gasteiger partial charge in [-0.15, -0.1) is 0 Å². The molecular formula is C25H25F2N5O4. The number of carbonyl (C=O) groups is 1. The largest absolute Gasteiger partial charge is 0.496 e. The lowest BCUT2D eigenvalue weighted by molar-refractivity contribution is 0.0240. The SMILES string of the molecule is COc1cccc(F)c1-c1nc2[nH]c(=O)c(C#N)c(N3CCN(C(=O)OC(C)(C)C)CC3)c2cc1F. The molecule has 1 amide bonds. The standard InChI is InChI=1S/C25H25F2N5O4/c1-25(2,3)36-24(34)32-10-8-31(9-11-32)21-14-12-17(27)20(19-16(26)6-5-7-18(19)35-4)29-22(14)30-23(33)15(21)13-28/h5-7,12H,8-11H2,1-4H3,(H,29,30,33). The van der Waals surface area contributed by atoms with E-state index in [-0.39, 0.29) is 65.5 Å². The first-order valence-electron chi connectivity index (χ1n) is 11.3. The molecule has 4 rings (SSSR count). The fraction of sp³-hybridized carbons (Fsp3) is 0.360. The number of benzene rings is 1. The van der Waals surface area contributed by atoms with Crippen LogP contribution in [0.15, 0.2) is 29.1 Å². The number of halogens is 2. The third kappa shape index (κ3) is 4.66. The van der Waals surface area contributed by atoms with E-state index < -0.39 is 28.9 Å². The van der Waals surface area contributed by atoms with E-state index >= 15 is 4.39 Å². The van der Waals surface area contributed by atoms with Crippen LogP contribution in [0.2, 0.25) is 0 Å². The fourth-order valence-corrected chi connectivity index (χ4v) is 4.13. The van der Waals surface area contributed by atoms with Gasteiger partial charge in [-0.25, -0.2) is 18.6 Å². The maximum atomic E-state index is 15.4. The van der Waals surface area contributed by atoms with Crippen molar-refractivity contribution in [2.75, 3.05) is 38.2 Å². The van der Waals surface area contributed by atoms with Gasteiger partial charge in [-0.1, -0.05) is 6.07 Å². The third-order valence-corrected chi connectivity index (χ3v) is 5.72. The molecular weight excluding hydrogens is 472 g/mol. The number of pyridine rings is 2. The van der Waals surface area contributed by atoms with Crippen molar-refractivity contribution < 1.29 is 23.0 Å². The number of aromatic amines is 1. The highest BCUT2D eigenvalue weighted by atomic mass is 19.1. The molecule has 188 valence electrons. The molecule has 0 unspecified atom stereocenters. The van der Waals surface area contributed by atoms with E-state index in [2.05, 4.69) is 9.97 Å². The summed E-state index contributed by atoms with van der Waals surface area (Å²) >= 11 is 0. The van der Waals surface area contributed by atoms with Crippen LogP contribution in [0.1, 0.15) is 26.3 Å². The molecule has 1 aliphatic heterocycles. The lowest BCUT2D eigenvalue weighted by Gasteiger charge is -2.37. The predicted octanol–water partition coefficient (Wildman–Crippen LogP) is 3.81. The molecule has 3 heterocycles. The third-order valence-electron chi connectivity index (χ3n) is 5.72.